The minimum Gasteiger partial charge on any atom is -0.488 e. The van der Waals surface area contributed by atoms with E-state index >= 15 is 0 Å². The van der Waals surface area contributed by atoms with Crippen LogP contribution in [0.5, 0.6) is 5.75 Å². The molecule has 1 saturated heterocycles. The second-order valence-corrected chi connectivity index (χ2v) is 8.93. The fraction of sp³-hybridized carbons (Fsp3) is 0.0714. The molecule has 5 rings (SSSR count). The van der Waals surface area contributed by atoms with Gasteiger partial charge in [0.1, 0.15) is 18.2 Å². The van der Waals surface area contributed by atoms with E-state index in [2.05, 4.69) is 10.3 Å². The molecule has 6 heteroatoms. The fourth-order valence-electron chi connectivity index (χ4n) is 3.67. The molecule has 0 aliphatic carbocycles. The number of halogens is 1. The lowest BCUT2D eigenvalue weighted by atomic mass is 10.0. The Labute approximate surface area is 201 Å². The first-order chi connectivity index (χ1) is 16.6. The van der Waals surface area contributed by atoms with Gasteiger partial charge in [-0.1, -0.05) is 66.2 Å². The summed E-state index contributed by atoms with van der Waals surface area (Å²) >= 11 is 1.28. The first-order valence-corrected chi connectivity index (χ1v) is 11.6. The van der Waals surface area contributed by atoms with Gasteiger partial charge in [-0.25, -0.2) is 9.38 Å². The van der Waals surface area contributed by atoms with Gasteiger partial charge in [-0.05, 0) is 59.8 Å². The molecule has 1 aliphatic rings. The molecule has 0 bridgehead atoms. The highest BCUT2D eigenvalue weighted by Gasteiger charge is 2.25. The molecule has 4 aromatic rings. The van der Waals surface area contributed by atoms with E-state index in [-0.39, 0.29) is 18.3 Å². The number of aliphatic imine (C=N–C) groups is 1. The number of nitrogens with one attached hydrogen (secondary N) is 1. The summed E-state index contributed by atoms with van der Waals surface area (Å²) in [5.74, 6) is 0.0431. The number of carbonyl (C=O) groups excluding carboxylic acids is 1. The van der Waals surface area contributed by atoms with Crippen LogP contribution < -0.4 is 10.1 Å². The number of thioether (sulfide) groups is 1. The highest BCUT2D eigenvalue weighted by Crippen LogP contribution is 2.35. The molecular formula is C28H21FN2O2S. The number of hydrogen-bond donors (Lipinski definition) is 1. The molecule has 0 unspecified atom stereocenters. The van der Waals surface area contributed by atoms with Crippen molar-refractivity contribution in [2.75, 3.05) is 0 Å². The number of carbonyl (C=O) groups is 1. The van der Waals surface area contributed by atoms with E-state index in [1.54, 1.807) is 18.2 Å². The van der Waals surface area contributed by atoms with Crippen LogP contribution in [0.15, 0.2) is 94.8 Å². The number of fused-ring (bicyclic) bond motifs is 1. The van der Waals surface area contributed by atoms with Gasteiger partial charge in [-0.2, -0.15) is 0 Å². The van der Waals surface area contributed by atoms with Gasteiger partial charge in [0.25, 0.3) is 5.91 Å². The van der Waals surface area contributed by atoms with Gasteiger partial charge in [0, 0.05) is 11.1 Å². The molecule has 1 amide bonds. The number of hydrogen-bond acceptors (Lipinski definition) is 4. The predicted molar refractivity (Wildman–Crippen MR) is 137 cm³/mol. The lowest BCUT2D eigenvalue weighted by molar-refractivity contribution is -0.115. The summed E-state index contributed by atoms with van der Waals surface area (Å²) in [6.45, 7) is 2.10. The van der Waals surface area contributed by atoms with Crippen LogP contribution in [0.1, 0.15) is 16.7 Å². The third kappa shape index (κ3) is 4.72. The lowest BCUT2D eigenvalue weighted by Gasteiger charge is -2.13. The van der Waals surface area contributed by atoms with Crippen molar-refractivity contribution in [2.24, 2.45) is 4.99 Å². The molecule has 168 valence electrons. The number of rotatable bonds is 5. The Morgan fingerprint density at radius 2 is 1.74 bits per heavy atom. The highest BCUT2D eigenvalue weighted by atomic mass is 32.2. The molecule has 4 nitrogen and oxygen atoms in total. The molecule has 4 aromatic carbocycles. The maximum atomic E-state index is 14.1. The first kappa shape index (κ1) is 21.9. The molecule has 0 radical (unpaired) electrons. The van der Waals surface area contributed by atoms with Gasteiger partial charge in [-0.15, -0.1) is 0 Å². The Hall–Kier alpha value is -3.90. The Kier molecular flexibility index (Phi) is 6.14. The molecule has 1 N–H and O–H groups in total. The molecule has 0 aromatic heterocycles. The lowest BCUT2D eigenvalue weighted by Crippen LogP contribution is -2.19. The standard InChI is InChI=1S/C28H21FN2O2S/c1-18-10-13-21(14-11-18)30-28-31-27(32)26(34-28)16-23-22-8-4-2-6-19(22)12-15-25(23)33-17-20-7-3-5-9-24(20)29/h2-16H,17H2,1H3,(H,30,31,32). The van der Waals surface area contributed by atoms with Crippen molar-refractivity contribution in [1.82, 2.24) is 5.32 Å². The second-order valence-electron chi connectivity index (χ2n) is 7.90. The van der Waals surface area contributed by atoms with Gasteiger partial charge in [0.2, 0.25) is 0 Å². The number of nitrogens with zero attached hydrogens (tertiary/aromatic N) is 1. The third-order valence-electron chi connectivity index (χ3n) is 5.46. The highest BCUT2D eigenvalue weighted by molar-refractivity contribution is 8.18. The fourth-order valence-corrected chi connectivity index (χ4v) is 4.49. The van der Waals surface area contributed by atoms with E-state index < -0.39 is 0 Å². The monoisotopic (exact) mass is 468 g/mol. The number of amidine groups is 1. The number of benzene rings is 4. The molecular weight excluding hydrogens is 447 g/mol. The van der Waals surface area contributed by atoms with Crippen LogP contribution in [0.3, 0.4) is 0 Å². The maximum Gasteiger partial charge on any atom is 0.264 e. The molecule has 34 heavy (non-hydrogen) atoms. The summed E-state index contributed by atoms with van der Waals surface area (Å²) in [6.07, 6.45) is 1.82. The summed E-state index contributed by atoms with van der Waals surface area (Å²) in [7, 11) is 0. The van der Waals surface area contributed by atoms with E-state index in [1.165, 1.54) is 17.8 Å². The van der Waals surface area contributed by atoms with Crippen LogP contribution in [0.25, 0.3) is 16.8 Å². The van der Waals surface area contributed by atoms with Crippen LogP contribution in [0, 0.1) is 12.7 Å². The zero-order chi connectivity index (χ0) is 23.5. The van der Waals surface area contributed by atoms with Crippen molar-refractivity contribution in [3.05, 3.63) is 112 Å². The Bertz CT molecular complexity index is 1440. The van der Waals surface area contributed by atoms with Crippen molar-refractivity contribution in [2.45, 2.75) is 13.5 Å². The maximum absolute atomic E-state index is 14.1. The Morgan fingerprint density at radius 1 is 0.971 bits per heavy atom. The molecule has 1 heterocycles. The smallest absolute Gasteiger partial charge is 0.264 e. The predicted octanol–water partition coefficient (Wildman–Crippen LogP) is 6.76. The number of aryl methyl sites for hydroxylation is 1. The van der Waals surface area contributed by atoms with E-state index in [0.717, 1.165) is 27.6 Å². The molecule has 0 spiro atoms. The Morgan fingerprint density at radius 3 is 2.56 bits per heavy atom. The topological polar surface area (TPSA) is 50.7 Å². The minimum absolute atomic E-state index is 0.0840. The first-order valence-electron chi connectivity index (χ1n) is 10.8. The molecule has 0 atom stereocenters. The van der Waals surface area contributed by atoms with Crippen molar-refractivity contribution in [3.8, 4) is 5.75 Å². The second kappa shape index (κ2) is 9.53. The van der Waals surface area contributed by atoms with Crippen LogP contribution in [0.4, 0.5) is 10.1 Å². The van der Waals surface area contributed by atoms with Crippen LogP contribution in [0.2, 0.25) is 0 Å². The number of amides is 1. The molecule has 1 fully saturated rings. The van der Waals surface area contributed by atoms with E-state index in [9.17, 15) is 9.18 Å². The summed E-state index contributed by atoms with van der Waals surface area (Å²) in [5.41, 5.74) is 3.15. The van der Waals surface area contributed by atoms with E-state index in [4.69, 9.17) is 4.74 Å². The number of ether oxygens (including phenoxy) is 1. The molecule has 0 saturated carbocycles. The minimum atomic E-state index is -0.314. The largest absolute Gasteiger partial charge is 0.488 e. The quantitative estimate of drug-likeness (QED) is 0.329. The normalized spacial score (nSPS) is 15.8. The SMILES string of the molecule is Cc1ccc(N=C2NC(=O)C(=Cc3c(OCc4ccccc4F)ccc4ccccc34)S2)cc1. The summed E-state index contributed by atoms with van der Waals surface area (Å²) in [5, 5.41) is 5.32. The summed E-state index contributed by atoms with van der Waals surface area (Å²) in [4.78, 5) is 17.8. The van der Waals surface area contributed by atoms with Gasteiger partial charge in [0.15, 0.2) is 5.17 Å². The average Bonchev–Trinajstić information content (AvgIpc) is 3.19. The Balaban J connectivity index is 1.49. The van der Waals surface area contributed by atoms with Gasteiger partial charge in [0.05, 0.1) is 10.6 Å². The van der Waals surface area contributed by atoms with Crippen LogP contribution in [-0.4, -0.2) is 11.1 Å². The summed E-state index contributed by atoms with van der Waals surface area (Å²) in [6, 6.07) is 26.0. The van der Waals surface area contributed by atoms with Crippen molar-refractivity contribution in [1.29, 1.82) is 0 Å². The summed E-state index contributed by atoms with van der Waals surface area (Å²) < 4.78 is 20.1. The van der Waals surface area contributed by atoms with Gasteiger partial charge >= 0.3 is 0 Å². The molecule has 1 aliphatic heterocycles. The van der Waals surface area contributed by atoms with Crippen molar-refractivity contribution < 1.29 is 13.9 Å². The third-order valence-corrected chi connectivity index (χ3v) is 6.37. The average molecular weight is 469 g/mol. The van der Waals surface area contributed by atoms with Gasteiger partial charge in [-0.3, -0.25) is 4.79 Å². The zero-order valence-corrected chi connectivity index (χ0v) is 19.2. The van der Waals surface area contributed by atoms with E-state index in [1.807, 2.05) is 73.7 Å². The van der Waals surface area contributed by atoms with Gasteiger partial charge < -0.3 is 10.1 Å². The zero-order valence-electron chi connectivity index (χ0n) is 18.4. The van der Waals surface area contributed by atoms with Crippen molar-refractivity contribution in [3.63, 3.8) is 0 Å². The van der Waals surface area contributed by atoms with Crippen LogP contribution >= 0.6 is 11.8 Å². The van der Waals surface area contributed by atoms with Crippen molar-refractivity contribution >= 4 is 45.4 Å². The van der Waals surface area contributed by atoms with E-state index in [0.29, 0.717) is 21.4 Å². The van der Waals surface area contributed by atoms with Crippen LogP contribution in [-0.2, 0) is 11.4 Å².